The van der Waals surface area contributed by atoms with Crippen molar-refractivity contribution in [2.45, 2.75) is 24.7 Å². The van der Waals surface area contributed by atoms with Crippen LogP contribution in [0.4, 0.5) is 10.8 Å². The summed E-state index contributed by atoms with van der Waals surface area (Å²) in [6.45, 7) is 4.25. The van der Waals surface area contributed by atoms with Crippen molar-refractivity contribution in [2.24, 2.45) is 0 Å². The second kappa shape index (κ2) is 10.5. The van der Waals surface area contributed by atoms with Gasteiger partial charge in [-0.25, -0.2) is 13.4 Å². The molecule has 3 aromatic rings. The molecule has 0 aliphatic heterocycles. The first-order valence-corrected chi connectivity index (χ1v) is 12.4. The zero-order valence-corrected chi connectivity index (χ0v) is 19.9. The Balaban J connectivity index is 1.53. The van der Waals surface area contributed by atoms with Gasteiger partial charge in [-0.3, -0.25) is 14.8 Å². The third-order valence-electron chi connectivity index (χ3n) is 4.34. The lowest BCUT2D eigenvalue weighted by Gasteiger charge is -2.10. The van der Waals surface area contributed by atoms with E-state index in [4.69, 9.17) is 12.2 Å². The van der Waals surface area contributed by atoms with Crippen LogP contribution in [0.2, 0.25) is 0 Å². The van der Waals surface area contributed by atoms with Crippen LogP contribution in [0, 0.1) is 0 Å². The highest BCUT2D eigenvalue weighted by Crippen LogP contribution is 2.19. The molecule has 166 valence electrons. The smallest absolute Gasteiger partial charge is 0.263 e. The molecule has 0 spiro atoms. The lowest BCUT2D eigenvalue weighted by atomic mass is 10.0. The monoisotopic (exact) mass is 486 g/mol. The van der Waals surface area contributed by atoms with Gasteiger partial charge in [-0.05, 0) is 59.6 Å². The van der Waals surface area contributed by atoms with Crippen LogP contribution in [0.1, 0.15) is 30.9 Å². The SMILES string of the molecule is CC(C)c1ccc(/C=C/C(=O)NC(=S)Nc2ccc(S(=O)(=O)Nc3nccs3)cc2)cc1. The average molecular weight is 487 g/mol. The van der Waals surface area contributed by atoms with Crippen molar-refractivity contribution in [3.05, 3.63) is 77.3 Å². The van der Waals surface area contributed by atoms with Crippen LogP contribution in [0.25, 0.3) is 6.08 Å². The van der Waals surface area contributed by atoms with E-state index in [1.54, 1.807) is 23.6 Å². The van der Waals surface area contributed by atoms with E-state index in [0.29, 0.717) is 16.7 Å². The Morgan fingerprint density at radius 2 is 1.78 bits per heavy atom. The first-order chi connectivity index (χ1) is 15.2. The van der Waals surface area contributed by atoms with Gasteiger partial charge in [0.1, 0.15) is 0 Å². The van der Waals surface area contributed by atoms with Crippen LogP contribution in [0.15, 0.2) is 71.1 Å². The molecule has 0 fully saturated rings. The van der Waals surface area contributed by atoms with Crippen molar-refractivity contribution in [3.63, 3.8) is 0 Å². The number of carbonyl (C=O) groups excluding carboxylic acids is 1. The van der Waals surface area contributed by atoms with Gasteiger partial charge in [0.05, 0.1) is 4.90 Å². The van der Waals surface area contributed by atoms with E-state index in [-0.39, 0.29) is 15.9 Å². The van der Waals surface area contributed by atoms with Gasteiger partial charge in [0.2, 0.25) is 5.91 Å². The normalized spacial score (nSPS) is 11.5. The predicted octanol–water partition coefficient (Wildman–Crippen LogP) is 4.59. The van der Waals surface area contributed by atoms with Crippen molar-refractivity contribution in [1.29, 1.82) is 0 Å². The number of sulfonamides is 1. The van der Waals surface area contributed by atoms with Crippen LogP contribution in [0.5, 0.6) is 0 Å². The van der Waals surface area contributed by atoms with Crippen LogP contribution in [-0.4, -0.2) is 24.4 Å². The summed E-state index contributed by atoms with van der Waals surface area (Å²) in [5, 5.41) is 7.49. The molecule has 32 heavy (non-hydrogen) atoms. The van der Waals surface area contributed by atoms with Gasteiger partial charge in [0.15, 0.2) is 10.2 Å². The standard InChI is InChI=1S/C22H22N4O3S3/c1-15(2)17-6-3-16(4-7-17)5-12-20(27)25-21(30)24-18-8-10-19(11-9-18)32(28,29)26-22-23-13-14-31-22/h3-15H,1-2H3,(H,23,26)(H2,24,25,27,30)/b12-5+. The molecular formula is C22H22N4O3S3. The summed E-state index contributed by atoms with van der Waals surface area (Å²) in [6.07, 6.45) is 4.62. The second-order valence-corrected chi connectivity index (χ2v) is 10.1. The molecule has 1 aromatic heterocycles. The minimum Gasteiger partial charge on any atom is -0.332 e. The van der Waals surface area contributed by atoms with E-state index >= 15 is 0 Å². The number of nitrogens with one attached hydrogen (secondary N) is 3. The van der Waals surface area contributed by atoms with Gasteiger partial charge >= 0.3 is 0 Å². The Hall–Kier alpha value is -3.08. The summed E-state index contributed by atoms with van der Waals surface area (Å²) in [5.41, 5.74) is 2.68. The fourth-order valence-corrected chi connectivity index (χ4v) is 4.65. The number of thiocarbonyl (C=S) groups is 1. The molecule has 0 saturated heterocycles. The van der Waals surface area contributed by atoms with E-state index in [9.17, 15) is 13.2 Å². The molecule has 3 N–H and O–H groups in total. The molecule has 0 bridgehead atoms. The average Bonchev–Trinajstić information content (AvgIpc) is 3.25. The number of carbonyl (C=O) groups is 1. The predicted molar refractivity (Wildman–Crippen MR) is 133 cm³/mol. The highest BCUT2D eigenvalue weighted by molar-refractivity contribution is 7.93. The van der Waals surface area contributed by atoms with E-state index < -0.39 is 10.0 Å². The number of rotatable bonds is 7. The minimum absolute atomic E-state index is 0.0830. The Morgan fingerprint density at radius 1 is 1.09 bits per heavy atom. The van der Waals surface area contributed by atoms with Crippen molar-refractivity contribution in [2.75, 3.05) is 10.0 Å². The first kappa shape index (κ1) is 23.6. The Morgan fingerprint density at radius 3 is 2.38 bits per heavy atom. The lowest BCUT2D eigenvalue weighted by molar-refractivity contribution is -0.115. The van der Waals surface area contributed by atoms with E-state index in [0.717, 1.165) is 5.56 Å². The van der Waals surface area contributed by atoms with Gasteiger partial charge in [0.25, 0.3) is 10.0 Å². The number of hydrogen-bond donors (Lipinski definition) is 3. The molecule has 0 aliphatic carbocycles. The number of aromatic nitrogens is 1. The molecule has 7 nitrogen and oxygen atoms in total. The molecule has 2 aromatic carbocycles. The third kappa shape index (κ3) is 6.71. The lowest BCUT2D eigenvalue weighted by Crippen LogP contribution is -2.32. The van der Waals surface area contributed by atoms with Gasteiger partial charge < -0.3 is 5.32 Å². The molecule has 0 unspecified atom stereocenters. The molecule has 3 rings (SSSR count). The minimum atomic E-state index is -3.73. The maximum absolute atomic E-state index is 12.4. The molecule has 1 amide bonds. The Labute approximate surface area is 196 Å². The summed E-state index contributed by atoms with van der Waals surface area (Å²) in [4.78, 5) is 16.1. The largest absolute Gasteiger partial charge is 0.332 e. The molecule has 1 heterocycles. The summed E-state index contributed by atoms with van der Waals surface area (Å²) < 4.78 is 27.1. The maximum Gasteiger partial charge on any atom is 0.263 e. The van der Waals surface area contributed by atoms with E-state index in [2.05, 4.69) is 34.2 Å². The van der Waals surface area contributed by atoms with E-state index in [1.807, 2.05) is 24.3 Å². The van der Waals surface area contributed by atoms with Gasteiger partial charge in [-0.2, -0.15) is 0 Å². The highest BCUT2D eigenvalue weighted by atomic mass is 32.2. The van der Waals surface area contributed by atoms with Crippen LogP contribution in [0.3, 0.4) is 0 Å². The zero-order valence-electron chi connectivity index (χ0n) is 17.4. The maximum atomic E-state index is 12.4. The fourth-order valence-electron chi connectivity index (χ4n) is 2.64. The number of thiazole rings is 1. The highest BCUT2D eigenvalue weighted by Gasteiger charge is 2.15. The zero-order chi connectivity index (χ0) is 23.1. The Bertz CT molecular complexity index is 1200. The summed E-state index contributed by atoms with van der Waals surface area (Å²) in [5.74, 6) is 0.0745. The molecule has 10 heteroatoms. The number of amides is 1. The van der Waals surface area contributed by atoms with E-state index in [1.165, 1.54) is 41.3 Å². The Kier molecular flexibility index (Phi) is 7.73. The fraction of sp³-hybridized carbons (Fsp3) is 0.136. The number of hydrogen-bond acceptors (Lipinski definition) is 6. The topological polar surface area (TPSA) is 100 Å². The second-order valence-electron chi connectivity index (χ2n) is 7.07. The molecular weight excluding hydrogens is 464 g/mol. The van der Waals surface area contributed by atoms with Crippen LogP contribution < -0.4 is 15.4 Å². The number of benzene rings is 2. The van der Waals surface area contributed by atoms with Gasteiger partial charge in [-0.1, -0.05) is 38.1 Å². The molecule has 0 atom stereocenters. The summed E-state index contributed by atoms with van der Waals surface area (Å²) in [6, 6.07) is 14.0. The van der Waals surface area contributed by atoms with Gasteiger partial charge in [0, 0.05) is 23.3 Å². The first-order valence-electron chi connectivity index (χ1n) is 9.65. The summed E-state index contributed by atoms with van der Waals surface area (Å²) >= 11 is 6.35. The third-order valence-corrected chi connectivity index (χ3v) is 6.72. The van der Waals surface area contributed by atoms with Crippen molar-refractivity contribution >= 4 is 61.5 Å². The quantitative estimate of drug-likeness (QED) is 0.334. The van der Waals surface area contributed by atoms with Crippen molar-refractivity contribution in [1.82, 2.24) is 10.3 Å². The van der Waals surface area contributed by atoms with Crippen molar-refractivity contribution in [3.8, 4) is 0 Å². The van der Waals surface area contributed by atoms with Crippen LogP contribution >= 0.6 is 23.6 Å². The molecule has 0 aliphatic rings. The summed E-state index contributed by atoms with van der Waals surface area (Å²) in [7, 11) is -3.73. The van der Waals surface area contributed by atoms with Gasteiger partial charge in [-0.15, -0.1) is 11.3 Å². The molecule has 0 saturated carbocycles. The van der Waals surface area contributed by atoms with Crippen LogP contribution in [-0.2, 0) is 14.8 Å². The number of nitrogens with zero attached hydrogens (tertiary/aromatic N) is 1. The van der Waals surface area contributed by atoms with Crippen molar-refractivity contribution < 1.29 is 13.2 Å². The number of anilines is 2. The molecule has 0 radical (unpaired) electrons.